The average Bonchev–Trinajstić information content (AvgIpc) is 2.86. The number of nitriles is 1. The highest BCUT2D eigenvalue weighted by Crippen LogP contribution is 2.32. The van der Waals surface area contributed by atoms with Crippen molar-refractivity contribution >= 4 is 5.91 Å². The lowest BCUT2D eigenvalue weighted by Crippen LogP contribution is -2.12. The van der Waals surface area contributed by atoms with E-state index in [1.165, 1.54) is 23.0 Å². The number of hydrogen-bond acceptors (Lipinski definition) is 3. The Hall–Kier alpha value is -2.82. The standard InChI is InChI=1S/C12H7F3N4O/c13-12(14,15)9-2-1-8(5-7(9)6-16)19-4-3-10(18-19)11(17)20/h1-5H,(H2,17,20). The van der Waals surface area contributed by atoms with Gasteiger partial charge >= 0.3 is 6.18 Å². The Bertz CT molecular complexity index is 712. The van der Waals surface area contributed by atoms with E-state index in [0.717, 1.165) is 18.2 Å². The van der Waals surface area contributed by atoms with E-state index in [0.29, 0.717) is 0 Å². The second kappa shape index (κ2) is 4.70. The fraction of sp³-hybridized carbons (Fsp3) is 0.0833. The molecule has 2 rings (SSSR count). The number of hydrogen-bond donors (Lipinski definition) is 1. The largest absolute Gasteiger partial charge is 0.417 e. The molecule has 0 atom stereocenters. The fourth-order valence-corrected chi connectivity index (χ4v) is 1.61. The second-order valence-electron chi connectivity index (χ2n) is 3.85. The highest BCUT2D eigenvalue weighted by Gasteiger charge is 2.33. The monoisotopic (exact) mass is 280 g/mol. The van der Waals surface area contributed by atoms with Gasteiger partial charge in [0.1, 0.15) is 5.69 Å². The van der Waals surface area contributed by atoms with E-state index in [1.54, 1.807) is 0 Å². The van der Waals surface area contributed by atoms with Crippen molar-refractivity contribution in [3.05, 3.63) is 47.3 Å². The maximum atomic E-state index is 12.6. The van der Waals surface area contributed by atoms with Crippen LogP contribution in [0.25, 0.3) is 5.69 Å². The fourth-order valence-electron chi connectivity index (χ4n) is 1.61. The quantitative estimate of drug-likeness (QED) is 0.911. The number of halogens is 3. The van der Waals surface area contributed by atoms with Crippen molar-refractivity contribution in [3.63, 3.8) is 0 Å². The Labute approximate surface area is 111 Å². The Morgan fingerprint density at radius 2 is 2.05 bits per heavy atom. The highest BCUT2D eigenvalue weighted by molar-refractivity contribution is 5.90. The number of benzene rings is 1. The van der Waals surface area contributed by atoms with Crippen LogP contribution in [0.4, 0.5) is 13.2 Å². The topological polar surface area (TPSA) is 84.7 Å². The van der Waals surface area contributed by atoms with Crippen LogP contribution in [-0.2, 0) is 6.18 Å². The van der Waals surface area contributed by atoms with Crippen molar-refractivity contribution in [1.29, 1.82) is 5.26 Å². The summed E-state index contributed by atoms with van der Waals surface area (Å²) in [6.45, 7) is 0. The maximum absolute atomic E-state index is 12.6. The van der Waals surface area contributed by atoms with Gasteiger partial charge in [0.2, 0.25) is 0 Å². The first-order chi connectivity index (χ1) is 9.32. The molecule has 0 unspecified atom stereocenters. The molecule has 0 radical (unpaired) electrons. The summed E-state index contributed by atoms with van der Waals surface area (Å²) < 4.78 is 39.1. The molecule has 102 valence electrons. The minimum absolute atomic E-state index is 0.0246. The van der Waals surface area contributed by atoms with Crippen molar-refractivity contribution in [3.8, 4) is 11.8 Å². The van der Waals surface area contributed by atoms with Gasteiger partial charge in [0.15, 0.2) is 0 Å². The van der Waals surface area contributed by atoms with Gasteiger partial charge < -0.3 is 5.73 Å². The summed E-state index contributed by atoms with van der Waals surface area (Å²) in [5.41, 5.74) is 3.68. The van der Waals surface area contributed by atoms with E-state index in [1.807, 2.05) is 0 Å². The number of aromatic nitrogens is 2. The Balaban J connectivity index is 2.49. The number of primary amides is 1. The average molecular weight is 280 g/mol. The van der Waals surface area contributed by atoms with Crippen LogP contribution in [0.1, 0.15) is 21.6 Å². The van der Waals surface area contributed by atoms with Crippen molar-refractivity contribution < 1.29 is 18.0 Å². The predicted molar refractivity (Wildman–Crippen MR) is 61.8 cm³/mol. The van der Waals surface area contributed by atoms with E-state index in [2.05, 4.69) is 5.10 Å². The first-order valence-corrected chi connectivity index (χ1v) is 5.30. The van der Waals surface area contributed by atoms with Crippen molar-refractivity contribution in [1.82, 2.24) is 9.78 Å². The summed E-state index contributed by atoms with van der Waals surface area (Å²) >= 11 is 0. The van der Waals surface area contributed by atoms with E-state index in [-0.39, 0.29) is 11.4 Å². The Morgan fingerprint density at radius 3 is 2.55 bits per heavy atom. The number of alkyl halides is 3. The zero-order chi connectivity index (χ0) is 14.9. The van der Waals surface area contributed by atoms with E-state index in [4.69, 9.17) is 11.0 Å². The molecule has 20 heavy (non-hydrogen) atoms. The highest BCUT2D eigenvalue weighted by atomic mass is 19.4. The molecule has 0 aliphatic rings. The molecule has 0 fully saturated rings. The third kappa shape index (κ3) is 2.47. The molecule has 0 aliphatic carbocycles. The molecule has 0 bridgehead atoms. The summed E-state index contributed by atoms with van der Waals surface area (Å²) in [5.74, 6) is -0.754. The van der Waals surface area contributed by atoms with Gasteiger partial charge in [0.05, 0.1) is 22.9 Å². The maximum Gasteiger partial charge on any atom is 0.417 e. The summed E-state index contributed by atoms with van der Waals surface area (Å²) in [6, 6.07) is 5.80. The normalized spacial score (nSPS) is 11.1. The molecule has 0 saturated heterocycles. The predicted octanol–water partition coefficient (Wildman–Crippen LogP) is 1.86. The molecule has 8 heteroatoms. The van der Waals surface area contributed by atoms with Crippen LogP contribution >= 0.6 is 0 Å². The number of carbonyl (C=O) groups is 1. The first kappa shape index (κ1) is 13.6. The molecule has 1 amide bonds. The SMILES string of the molecule is N#Cc1cc(-n2ccc(C(N)=O)n2)ccc1C(F)(F)F. The third-order valence-corrected chi connectivity index (χ3v) is 2.54. The van der Waals surface area contributed by atoms with E-state index >= 15 is 0 Å². The number of nitrogens with two attached hydrogens (primary N) is 1. The molecule has 1 aromatic carbocycles. The number of carbonyl (C=O) groups excluding carboxylic acids is 1. The van der Waals surface area contributed by atoms with Crippen LogP contribution in [0.2, 0.25) is 0 Å². The Kier molecular flexibility index (Phi) is 3.19. The summed E-state index contributed by atoms with van der Waals surface area (Å²) in [7, 11) is 0. The van der Waals surface area contributed by atoms with Crippen molar-refractivity contribution in [2.75, 3.05) is 0 Å². The molecule has 0 saturated carbocycles. The van der Waals surface area contributed by atoms with Gasteiger partial charge in [0, 0.05) is 6.20 Å². The van der Waals surface area contributed by atoms with Gasteiger partial charge in [-0.3, -0.25) is 4.79 Å². The van der Waals surface area contributed by atoms with Crippen LogP contribution < -0.4 is 5.73 Å². The van der Waals surface area contributed by atoms with Crippen LogP contribution in [0.3, 0.4) is 0 Å². The smallest absolute Gasteiger partial charge is 0.364 e. The molecule has 5 nitrogen and oxygen atoms in total. The van der Waals surface area contributed by atoms with Crippen LogP contribution in [0.15, 0.2) is 30.5 Å². The summed E-state index contributed by atoms with van der Waals surface area (Å²) in [6.07, 6.45) is -3.24. The Morgan fingerprint density at radius 1 is 1.35 bits per heavy atom. The van der Waals surface area contributed by atoms with Gasteiger partial charge in [0.25, 0.3) is 5.91 Å². The van der Waals surface area contributed by atoms with Crippen molar-refractivity contribution in [2.45, 2.75) is 6.18 Å². The summed E-state index contributed by atoms with van der Waals surface area (Å²) in [5, 5.41) is 12.6. The zero-order valence-corrected chi connectivity index (χ0v) is 9.85. The lowest BCUT2D eigenvalue weighted by Gasteiger charge is -2.10. The first-order valence-electron chi connectivity index (χ1n) is 5.30. The molecular formula is C12H7F3N4O. The minimum Gasteiger partial charge on any atom is -0.364 e. The molecule has 1 aromatic heterocycles. The molecule has 1 heterocycles. The van der Waals surface area contributed by atoms with Crippen LogP contribution in [-0.4, -0.2) is 15.7 Å². The number of rotatable bonds is 2. The van der Waals surface area contributed by atoms with Crippen LogP contribution in [0, 0.1) is 11.3 Å². The molecule has 0 aliphatic heterocycles. The second-order valence-corrected chi connectivity index (χ2v) is 3.85. The lowest BCUT2D eigenvalue weighted by atomic mass is 10.1. The molecule has 0 spiro atoms. The molecule has 2 N–H and O–H groups in total. The number of amides is 1. The minimum atomic E-state index is -4.61. The van der Waals surface area contributed by atoms with Gasteiger partial charge in [-0.15, -0.1) is 0 Å². The molecule has 2 aromatic rings. The number of nitrogens with zero attached hydrogens (tertiary/aromatic N) is 3. The lowest BCUT2D eigenvalue weighted by molar-refractivity contribution is -0.137. The third-order valence-electron chi connectivity index (χ3n) is 2.54. The van der Waals surface area contributed by atoms with Gasteiger partial charge in [-0.05, 0) is 24.3 Å². The van der Waals surface area contributed by atoms with E-state index < -0.39 is 23.2 Å². The van der Waals surface area contributed by atoms with Gasteiger partial charge in [-0.2, -0.15) is 23.5 Å². The van der Waals surface area contributed by atoms with Crippen molar-refractivity contribution in [2.24, 2.45) is 5.73 Å². The summed E-state index contributed by atoms with van der Waals surface area (Å²) in [4.78, 5) is 10.9. The van der Waals surface area contributed by atoms with E-state index in [9.17, 15) is 18.0 Å². The van der Waals surface area contributed by atoms with Gasteiger partial charge in [-0.1, -0.05) is 0 Å². The molecular weight excluding hydrogens is 273 g/mol. The van der Waals surface area contributed by atoms with Crippen LogP contribution in [0.5, 0.6) is 0 Å². The van der Waals surface area contributed by atoms with Gasteiger partial charge in [-0.25, -0.2) is 4.68 Å². The zero-order valence-electron chi connectivity index (χ0n) is 9.85.